The van der Waals surface area contributed by atoms with E-state index in [9.17, 15) is 4.79 Å². The van der Waals surface area contributed by atoms with Crippen molar-refractivity contribution in [2.75, 3.05) is 31.1 Å². The van der Waals surface area contributed by atoms with Crippen molar-refractivity contribution in [3.05, 3.63) is 75.8 Å². The van der Waals surface area contributed by atoms with Gasteiger partial charge in [-0.15, -0.1) is 5.10 Å². The minimum absolute atomic E-state index is 0.108. The molecule has 1 atom stereocenters. The average molecular weight is 529 g/mol. The Morgan fingerprint density at radius 2 is 1.87 bits per heavy atom. The van der Waals surface area contributed by atoms with E-state index in [1.807, 2.05) is 28.9 Å². The third-order valence-corrected chi connectivity index (χ3v) is 8.83. The largest absolute Gasteiger partial charge is 0.345 e. The van der Waals surface area contributed by atoms with Crippen LogP contribution in [0.5, 0.6) is 0 Å². The number of nitrogens with zero attached hydrogens (tertiary/aromatic N) is 7. The van der Waals surface area contributed by atoms with Gasteiger partial charge in [-0.1, -0.05) is 42.0 Å². The molecule has 0 saturated carbocycles. The maximum atomic E-state index is 13.5. The SMILES string of the molecule is CCC(C)(C)n1nnnc1C(c1cc2cc(C)ccc2[nH]c1=O)N1CCN(c2nc3ccccc3s2)CC1. The summed E-state index contributed by atoms with van der Waals surface area (Å²) in [5, 5.41) is 15.0. The molecule has 0 bridgehead atoms. The summed E-state index contributed by atoms with van der Waals surface area (Å²) in [5.41, 5.74) is 3.28. The number of aromatic nitrogens is 6. The summed E-state index contributed by atoms with van der Waals surface area (Å²) in [5.74, 6) is 0.697. The fourth-order valence-electron chi connectivity index (χ4n) is 5.16. The van der Waals surface area contributed by atoms with Gasteiger partial charge in [0.05, 0.1) is 15.8 Å². The number of hydrogen-bond donors (Lipinski definition) is 1. The fraction of sp³-hybridized carbons (Fsp3) is 0.393. The fourth-order valence-corrected chi connectivity index (χ4v) is 6.17. The number of fused-ring (bicyclic) bond motifs is 2. The monoisotopic (exact) mass is 528 g/mol. The lowest BCUT2D eigenvalue weighted by Crippen LogP contribution is -2.49. The van der Waals surface area contributed by atoms with Gasteiger partial charge in [0.25, 0.3) is 5.56 Å². The molecule has 38 heavy (non-hydrogen) atoms. The molecule has 0 amide bonds. The maximum Gasteiger partial charge on any atom is 0.253 e. The first-order valence-corrected chi connectivity index (χ1v) is 13.9. The van der Waals surface area contributed by atoms with Crippen LogP contribution in [0.2, 0.25) is 0 Å². The Labute approximate surface area is 225 Å². The Kier molecular flexibility index (Phi) is 6.23. The van der Waals surface area contributed by atoms with E-state index < -0.39 is 0 Å². The zero-order valence-electron chi connectivity index (χ0n) is 22.2. The van der Waals surface area contributed by atoms with Crippen molar-refractivity contribution >= 4 is 37.6 Å². The van der Waals surface area contributed by atoms with Crippen LogP contribution in [-0.2, 0) is 5.54 Å². The molecule has 9 nitrogen and oxygen atoms in total. The van der Waals surface area contributed by atoms with Crippen molar-refractivity contribution < 1.29 is 0 Å². The number of nitrogens with one attached hydrogen (secondary N) is 1. The standard InChI is InChI=1S/C28H32N8OS/c1-5-28(3,4)36-25(31-32-33-36)24(20-17-19-16-18(2)10-11-21(19)29-26(20)37)34-12-14-35(15-13-34)27-30-22-8-6-7-9-23(22)38-27/h6-11,16-17,24H,5,12-15H2,1-4H3,(H,29,37). The number of para-hydroxylation sites is 1. The van der Waals surface area contributed by atoms with E-state index in [2.05, 4.69) is 82.3 Å². The summed E-state index contributed by atoms with van der Waals surface area (Å²) in [6, 6.07) is 16.0. The number of hydrogen-bond acceptors (Lipinski definition) is 8. The van der Waals surface area contributed by atoms with Crippen LogP contribution in [0.3, 0.4) is 0 Å². The van der Waals surface area contributed by atoms with E-state index in [4.69, 9.17) is 4.98 Å². The molecule has 6 rings (SSSR count). The van der Waals surface area contributed by atoms with Gasteiger partial charge in [-0.2, -0.15) is 0 Å². The van der Waals surface area contributed by atoms with Gasteiger partial charge in [0.1, 0.15) is 6.04 Å². The van der Waals surface area contributed by atoms with Gasteiger partial charge in [-0.25, -0.2) is 9.67 Å². The Hall–Kier alpha value is -3.63. The van der Waals surface area contributed by atoms with Crippen molar-refractivity contribution in [1.29, 1.82) is 0 Å². The van der Waals surface area contributed by atoms with Crippen molar-refractivity contribution in [3.63, 3.8) is 0 Å². The second-order valence-electron chi connectivity index (χ2n) is 10.6. The molecule has 0 spiro atoms. The molecule has 196 valence electrons. The van der Waals surface area contributed by atoms with Gasteiger partial charge in [-0.05, 0) is 73.3 Å². The summed E-state index contributed by atoms with van der Waals surface area (Å²) in [4.78, 5) is 26.2. The van der Waals surface area contributed by atoms with Gasteiger partial charge in [0.15, 0.2) is 11.0 Å². The Morgan fingerprint density at radius 1 is 1.08 bits per heavy atom. The Balaban J connectivity index is 1.39. The molecule has 2 aromatic carbocycles. The normalized spacial score (nSPS) is 15.9. The second-order valence-corrected chi connectivity index (χ2v) is 11.7. The number of pyridine rings is 1. The molecule has 5 aromatic rings. The lowest BCUT2D eigenvalue weighted by Gasteiger charge is -2.39. The summed E-state index contributed by atoms with van der Waals surface area (Å²) in [6.45, 7) is 11.6. The number of aryl methyl sites for hydroxylation is 1. The van der Waals surface area contributed by atoms with Gasteiger partial charge < -0.3 is 9.88 Å². The smallest absolute Gasteiger partial charge is 0.253 e. The second kappa shape index (κ2) is 9.59. The number of rotatable bonds is 6. The summed E-state index contributed by atoms with van der Waals surface area (Å²) < 4.78 is 3.10. The maximum absolute atomic E-state index is 13.5. The van der Waals surface area contributed by atoms with Crippen LogP contribution in [0.15, 0.2) is 53.3 Å². The van der Waals surface area contributed by atoms with Crippen molar-refractivity contribution in [2.45, 2.75) is 45.7 Å². The van der Waals surface area contributed by atoms with Crippen LogP contribution in [-0.4, -0.2) is 61.3 Å². The first kappa shape index (κ1) is 24.7. The number of aromatic amines is 1. The molecule has 1 saturated heterocycles. The molecule has 1 unspecified atom stereocenters. The molecular weight excluding hydrogens is 496 g/mol. The number of benzene rings is 2. The van der Waals surface area contributed by atoms with Crippen molar-refractivity contribution in [3.8, 4) is 0 Å². The molecule has 1 N–H and O–H groups in total. The molecule has 0 radical (unpaired) electrons. The van der Waals surface area contributed by atoms with E-state index in [0.717, 1.165) is 59.7 Å². The minimum atomic E-state index is -0.373. The zero-order chi connectivity index (χ0) is 26.4. The van der Waals surface area contributed by atoms with E-state index in [1.54, 1.807) is 11.3 Å². The van der Waals surface area contributed by atoms with Gasteiger partial charge in [0, 0.05) is 37.3 Å². The van der Waals surface area contributed by atoms with Gasteiger partial charge >= 0.3 is 0 Å². The van der Waals surface area contributed by atoms with E-state index in [-0.39, 0.29) is 17.1 Å². The van der Waals surface area contributed by atoms with Crippen molar-refractivity contribution in [1.82, 2.24) is 35.1 Å². The van der Waals surface area contributed by atoms with Gasteiger partial charge in [0.2, 0.25) is 0 Å². The summed E-state index contributed by atoms with van der Waals surface area (Å²) in [7, 11) is 0. The van der Waals surface area contributed by atoms with E-state index in [0.29, 0.717) is 11.4 Å². The molecule has 10 heteroatoms. The van der Waals surface area contributed by atoms with Crippen LogP contribution < -0.4 is 10.5 Å². The number of tetrazole rings is 1. The average Bonchev–Trinajstić information content (AvgIpc) is 3.58. The molecule has 0 aliphatic carbocycles. The first-order chi connectivity index (χ1) is 18.3. The number of piperazine rings is 1. The predicted octanol–water partition coefficient (Wildman–Crippen LogP) is 4.49. The van der Waals surface area contributed by atoms with E-state index >= 15 is 0 Å². The molecule has 3 aromatic heterocycles. The lowest BCUT2D eigenvalue weighted by molar-refractivity contribution is 0.186. The van der Waals surface area contributed by atoms with Crippen LogP contribution in [0, 0.1) is 6.92 Å². The Morgan fingerprint density at radius 3 is 2.63 bits per heavy atom. The zero-order valence-corrected chi connectivity index (χ0v) is 23.0. The highest BCUT2D eigenvalue weighted by Crippen LogP contribution is 2.33. The molecule has 1 aliphatic rings. The van der Waals surface area contributed by atoms with Crippen LogP contribution in [0.4, 0.5) is 5.13 Å². The highest BCUT2D eigenvalue weighted by molar-refractivity contribution is 7.22. The first-order valence-electron chi connectivity index (χ1n) is 13.1. The number of thiazole rings is 1. The highest BCUT2D eigenvalue weighted by Gasteiger charge is 2.36. The van der Waals surface area contributed by atoms with Crippen LogP contribution in [0.25, 0.3) is 21.1 Å². The molecule has 4 heterocycles. The van der Waals surface area contributed by atoms with E-state index in [1.165, 1.54) is 4.70 Å². The molecule has 1 aliphatic heterocycles. The number of anilines is 1. The molecular formula is C28H32N8OS. The topological polar surface area (TPSA) is 95.8 Å². The quantitative estimate of drug-likeness (QED) is 0.347. The van der Waals surface area contributed by atoms with Gasteiger partial charge in [-0.3, -0.25) is 9.69 Å². The van der Waals surface area contributed by atoms with Crippen LogP contribution >= 0.6 is 11.3 Å². The molecule has 1 fully saturated rings. The minimum Gasteiger partial charge on any atom is -0.345 e. The highest BCUT2D eigenvalue weighted by atomic mass is 32.1. The van der Waals surface area contributed by atoms with Crippen LogP contribution in [0.1, 0.15) is 50.2 Å². The Bertz CT molecular complexity index is 1630. The third kappa shape index (κ3) is 4.37. The summed E-state index contributed by atoms with van der Waals surface area (Å²) >= 11 is 1.73. The number of H-pyrrole nitrogens is 1. The lowest BCUT2D eigenvalue weighted by atomic mass is 9.98. The predicted molar refractivity (Wildman–Crippen MR) is 152 cm³/mol. The summed E-state index contributed by atoms with van der Waals surface area (Å²) in [6.07, 6.45) is 0.858. The van der Waals surface area contributed by atoms with Crippen molar-refractivity contribution in [2.24, 2.45) is 0 Å². The third-order valence-electron chi connectivity index (χ3n) is 7.73.